The molecule has 2 amide bonds. The Hall–Kier alpha value is -4.82. The molecule has 2 heterocycles. The van der Waals surface area contributed by atoms with Gasteiger partial charge in [-0.2, -0.15) is 0 Å². The smallest absolute Gasteiger partial charge is 0.311 e. The zero-order valence-corrected chi connectivity index (χ0v) is 21.4. The first kappa shape index (κ1) is 25.8. The number of carbonyl (C=O) groups excluding carboxylic acids is 3. The van der Waals surface area contributed by atoms with E-state index in [2.05, 4.69) is 15.6 Å². The first-order chi connectivity index (χ1) is 18.9. The number of para-hydroxylation sites is 1. The highest BCUT2D eigenvalue weighted by molar-refractivity contribution is 6.05. The van der Waals surface area contributed by atoms with Crippen LogP contribution in [0.25, 0.3) is 11.1 Å². The van der Waals surface area contributed by atoms with Gasteiger partial charge in [0, 0.05) is 47.7 Å². The number of esters is 1. The van der Waals surface area contributed by atoms with Crippen LogP contribution in [0.5, 0.6) is 5.75 Å². The summed E-state index contributed by atoms with van der Waals surface area (Å²) in [6.07, 6.45) is 3.51. The molecule has 0 radical (unpaired) electrons. The summed E-state index contributed by atoms with van der Waals surface area (Å²) in [6, 6.07) is 23.3. The third-order valence-corrected chi connectivity index (χ3v) is 6.63. The Labute approximate surface area is 226 Å². The number of nitrogens with one attached hydrogen (secondary N) is 2. The fourth-order valence-corrected chi connectivity index (χ4v) is 4.75. The van der Waals surface area contributed by atoms with Crippen molar-refractivity contribution in [3.05, 3.63) is 108 Å². The van der Waals surface area contributed by atoms with Crippen LogP contribution in [0.2, 0.25) is 0 Å². The average Bonchev–Trinajstić information content (AvgIpc) is 2.93. The lowest BCUT2D eigenvalue weighted by Gasteiger charge is -2.24. The number of nitrogens with two attached hydrogens (primary N) is 1. The zero-order valence-electron chi connectivity index (χ0n) is 21.4. The van der Waals surface area contributed by atoms with Crippen molar-refractivity contribution in [1.29, 1.82) is 0 Å². The van der Waals surface area contributed by atoms with E-state index in [0.29, 0.717) is 22.7 Å². The molecule has 2 atom stereocenters. The molecular formula is C31H28N4O4. The Balaban J connectivity index is 1.36. The van der Waals surface area contributed by atoms with Crippen molar-refractivity contribution >= 4 is 29.2 Å². The van der Waals surface area contributed by atoms with Crippen LogP contribution in [-0.4, -0.2) is 22.8 Å². The lowest BCUT2D eigenvalue weighted by atomic mass is 9.89. The minimum Gasteiger partial charge on any atom is -0.426 e. The van der Waals surface area contributed by atoms with Crippen LogP contribution >= 0.6 is 0 Å². The zero-order chi connectivity index (χ0) is 27.4. The maximum atomic E-state index is 13.0. The number of benzene rings is 3. The van der Waals surface area contributed by atoms with Gasteiger partial charge in [-0.05, 0) is 71.6 Å². The minimum absolute atomic E-state index is 0.145. The van der Waals surface area contributed by atoms with Gasteiger partial charge in [0.05, 0.1) is 6.42 Å². The van der Waals surface area contributed by atoms with E-state index in [4.69, 9.17) is 10.5 Å². The van der Waals surface area contributed by atoms with E-state index < -0.39 is 0 Å². The van der Waals surface area contributed by atoms with Crippen molar-refractivity contribution < 1.29 is 19.1 Å². The Morgan fingerprint density at radius 1 is 0.974 bits per heavy atom. The summed E-state index contributed by atoms with van der Waals surface area (Å²) < 4.78 is 5.30. The molecule has 1 aromatic heterocycles. The van der Waals surface area contributed by atoms with Crippen LogP contribution in [0.15, 0.2) is 91.3 Å². The van der Waals surface area contributed by atoms with Gasteiger partial charge in [0.2, 0.25) is 5.91 Å². The molecule has 4 N–H and O–H groups in total. The minimum atomic E-state index is -0.343. The van der Waals surface area contributed by atoms with Crippen LogP contribution in [0.3, 0.4) is 0 Å². The normalized spacial score (nSPS) is 15.0. The highest BCUT2D eigenvalue weighted by Crippen LogP contribution is 2.36. The predicted octanol–water partition coefficient (Wildman–Crippen LogP) is 5.44. The lowest BCUT2D eigenvalue weighted by molar-refractivity contribution is -0.136. The fourth-order valence-electron chi connectivity index (χ4n) is 4.75. The summed E-state index contributed by atoms with van der Waals surface area (Å²) in [5.41, 5.74) is 11.3. The summed E-state index contributed by atoms with van der Waals surface area (Å²) in [4.78, 5) is 42.0. The molecule has 5 rings (SSSR count). The molecule has 0 saturated carbocycles. The molecule has 3 aromatic carbocycles. The van der Waals surface area contributed by atoms with Gasteiger partial charge in [-0.1, -0.05) is 36.4 Å². The highest BCUT2D eigenvalue weighted by atomic mass is 16.5. The number of hydrogen-bond donors (Lipinski definition) is 3. The number of anilines is 2. The van der Waals surface area contributed by atoms with Crippen LogP contribution in [0.1, 0.15) is 53.2 Å². The average molecular weight is 521 g/mol. The number of fused-ring (bicyclic) bond motifs is 1. The van der Waals surface area contributed by atoms with Crippen LogP contribution in [-0.2, 0) is 9.59 Å². The first-order valence-electron chi connectivity index (χ1n) is 12.7. The summed E-state index contributed by atoms with van der Waals surface area (Å²) in [7, 11) is 0. The van der Waals surface area contributed by atoms with Crippen LogP contribution in [0.4, 0.5) is 11.4 Å². The van der Waals surface area contributed by atoms with Gasteiger partial charge in [0.1, 0.15) is 5.75 Å². The van der Waals surface area contributed by atoms with Crippen molar-refractivity contribution in [3.63, 3.8) is 0 Å². The van der Waals surface area contributed by atoms with Gasteiger partial charge in [0.25, 0.3) is 5.91 Å². The van der Waals surface area contributed by atoms with E-state index in [1.54, 1.807) is 54.9 Å². The van der Waals surface area contributed by atoms with Crippen molar-refractivity contribution in [2.24, 2.45) is 5.73 Å². The first-order valence-corrected chi connectivity index (χ1v) is 12.7. The van der Waals surface area contributed by atoms with Gasteiger partial charge in [0.15, 0.2) is 0 Å². The number of nitrogens with zero attached hydrogens (tertiary/aromatic N) is 1. The van der Waals surface area contributed by atoms with E-state index in [1.807, 2.05) is 43.3 Å². The molecule has 8 heteroatoms. The quantitative estimate of drug-likeness (QED) is 0.220. The van der Waals surface area contributed by atoms with E-state index in [9.17, 15) is 14.4 Å². The van der Waals surface area contributed by atoms with Crippen molar-refractivity contribution in [1.82, 2.24) is 4.98 Å². The molecule has 1 aliphatic rings. The Kier molecular flexibility index (Phi) is 7.47. The second kappa shape index (κ2) is 11.3. The number of pyridine rings is 1. The van der Waals surface area contributed by atoms with Crippen molar-refractivity contribution in [2.45, 2.75) is 31.7 Å². The molecule has 39 heavy (non-hydrogen) atoms. The molecule has 1 aliphatic heterocycles. The predicted molar refractivity (Wildman–Crippen MR) is 149 cm³/mol. The van der Waals surface area contributed by atoms with Crippen molar-refractivity contribution in [2.75, 3.05) is 10.6 Å². The molecule has 0 spiro atoms. The molecule has 4 aromatic rings. The molecular weight excluding hydrogens is 492 g/mol. The van der Waals surface area contributed by atoms with E-state index in [1.165, 1.54) is 0 Å². The number of amides is 2. The lowest BCUT2D eigenvalue weighted by Crippen LogP contribution is -2.24. The number of rotatable bonds is 7. The summed E-state index contributed by atoms with van der Waals surface area (Å²) in [6.45, 7) is 1.88. The third-order valence-electron chi connectivity index (χ3n) is 6.63. The maximum absolute atomic E-state index is 13.0. The maximum Gasteiger partial charge on any atom is 0.311 e. The highest BCUT2D eigenvalue weighted by Gasteiger charge is 2.28. The number of ether oxygens (including phenoxy) is 1. The Morgan fingerprint density at radius 3 is 2.56 bits per heavy atom. The van der Waals surface area contributed by atoms with Gasteiger partial charge < -0.3 is 21.1 Å². The van der Waals surface area contributed by atoms with Gasteiger partial charge >= 0.3 is 5.97 Å². The van der Waals surface area contributed by atoms with E-state index in [-0.39, 0.29) is 42.6 Å². The topological polar surface area (TPSA) is 123 Å². The molecule has 196 valence electrons. The van der Waals surface area contributed by atoms with Crippen molar-refractivity contribution in [3.8, 4) is 16.9 Å². The SMILES string of the molecule is CC(N)c1ccc(C(=O)Nc2ccncc2)cc1-c1cccc(NC(=O)CC2CC(=O)Oc3ccccc32)c1. The number of hydrogen-bond acceptors (Lipinski definition) is 6. The largest absolute Gasteiger partial charge is 0.426 e. The number of carbonyl (C=O) groups is 3. The second-order valence-corrected chi connectivity index (χ2v) is 9.53. The fraction of sp³-hybridized carbons (Fsp3) is 0.161. The molecule has 0 saturated heterocycles. The van der Waals surface area contributed by atoms with Crippen LogP contribution in [0, 0.1) is 0 Å². The molecule has 8 nitrogen and oxygen atoms in total. The second-order valence-electron chi connectivity index (χ2n) is 9.53. The Bertz CT molecular complexity index is 1530. The van der Waals surface area contributed by atoms with Crippen LogP contribution < -0.4 is 21.1 Å². The summed E-state index contributed by atoms with van der Waals surface area (Å²) in [5, 5.41) is 5.83. The van der Waals surface area contributed by atoms with Gasteiger partial charge in [-0.3, -0.25) is 19.4 Å². The molecule has 0 aliphatic carbocycles. The molecule has 0 bridgehead atoms. The van der Waals surface area contributed by atoms with E-state index >= 15 is 0 Å². The summed E-state index contributed by atoms with van der Waals surface area (Å²) >= 11 is 0. The molecule has 2 unspecified atom stereocenters. The third kappa shape index (κ3) is 6.02. The van der Waals surface area contributed by atoms with E-state index in [0.717, 1.165) is 22.3 Å². The number of aromatic nitrogens is 1. The van der Waals surface area contributed by atoms with Gasteiger partial charge in [-0.25, -0.2) is 0 Å². The van der Waals surface area contributed by atoms with Gasteiger partial charge in [-0.15, -0.1) is 0 Å². The Morgan fingerprint density at radius 2 is 1.77 bits per heavy atom. The molecule has 0 fully saturated rings. The standard InChI is InChI=1S/C31H28N4O4/c1-19(32)25-10-9-21(31(38)35-23-11-13-33-14-12-23)16-27(25)20-5-4-6-24(15-20)34-29(36)17-22-18-30(37)39-28-8-3-2-7-26(22)28/h2-16,19,22H,17-18,32H2,1H3,(H,34,36)(H,33,35,38). The summed E-state index contributed by atoms with van der Waals surface area (Å²) in [5.74, 6) is -0.561. The monoisotopic (exact) mass is 520 g/mol.